The second kappa shape index (κ2) is 6.93. The van der Waals surface area contributed by atoms with Gasteiger partial charge in [-0.1, -0.05) is 0 Å². The topological polar surface area (TPSA) is 77.2 Å². The smallest absolute Gasteiger partial charge is 0.381 e. The van der Waals surface area contributed by atoms with Crippen LogP contribution in [0.4, 0.5) is 13.2 Å². The van der Waals surface area contributed by atoms with Gasteiger partial charge in [0.25, 0.3) is 0 Å². The molecule has 1 aromatic rings. The van der Waals surface area contributed by atoms with Crippen molar-refractivity contribution in [1.29, 1.82) is 0 Å². The molecular weight excluding hydrogens is 319 g/mol. The number of nitrogens with one attached hydrogen (secondary N) is 1. The van der Waals surface area contributed by atoms with Crippen LogP contribution in [0.1, 0.15) is 23.5 Å². The largest absolute Gasteiger partial charge is 0.434 e. The van der Waals surface area contributed by atoms with E-state index in [0.717, 1.165) is 16.7 Å². The van der Waals surface area contributed by atoms with Crippen LogP contribution >= 0.6 is 11.3 Å². The SMILES string of the molecule is NCC1(C(=O)NCCc2nc(C(F)(F)F)cs2)CCOCC1. The number of carbonyl (C=O) groups excluding carboxylic acids is 1. The molecule has 124 valence electrons. The van der Waals surface area contributed by atoms with Crippen LogP contribution < -0.4 is 11.1 Å². The molecule has 0 spiro atoms. The number of halogens is 3. The summed E-state index contributed by atoms with van der Waals surface area (Å²) in [6.45, 7) is 1.46. The van der Waals surface area contributed by atoms with Gasteiger partial charge in [0.2, 0.25) is 5.91 Å². The van der Waals surface area contributed by atoms with Gasteiger partial charge in [-0.3, -0.25) is 4.79 Å². The second-order valence-electron chi connectivity index (χ2n) is 5.23. The van der Waals surface area contributed by atoms with Gasteiger partial charge in [0, 0.05) is 38.1 Å². The molecule has 0 atom stereocenters. The Hall–Kier alpha value is -1.19. The van der Waals surface area contributed by atoms with Crippen molar-refractivity contribution in [2.45, 2.75) is 25.4 Å². The number of nitrogens with two attached hydrogens (primary N) is 1. The molecule has 1 amide bonds. The molecule has 0 bridgehead atoms. The predicted molar refractivity (Wildman–Crippen MR) is 75.4 cm³/mol. The van der Waals surface area contributed by atoms with Gasteiger partial charge < -0.3 is 15.8 Å². The number of nitrogens with zero attached hydrogens (tertiary/aromatic N) is 1. The van der Waals surface area contributed by atoms with Crippen molar-refractivity contribution in [3.63, 3.8) is 0 Å². The van der Waals surface area contributed by atoms with Crippen molar-refractivity contribution in [3.05, 3.63) is 16.1 Å². The number of hydrogen-bond donors (Lipinski definition) is 2. The van der Waals surface area contributed by atoms with E-state index in [4.69, 9.17) is 10.5 Å². The van der Waals surface area contributed by atoms with Crippen LogP contribution in [0.2, 0.25) is 0 Å². The van der Waals surface area contributed by atoms with E-state index < -0.39 is 17.3 Å². The van der Waals surface area contributed by atoms with Gasteiger partial charge >= 0.3 is 6.18 Å². The molecule has 2 heterocycles. The van der Waals surface area contributed by atoms with Crippen molar-refractivity contribution in [1.82, 2.24) is 10.3 Å². The number of carbonyl (C=O) groups is 1. The summed E-state index contributed by atoms with van der Waals surface area (Å²) in [4.78, 5) is 15.8. The van der Waals surface area contributed by atoms with E-state index in [2.05, 4.69) is 10.3 Å². The van der Waals surface area contributed by atoms with Gasteiger partial charge in [0.1, 0.15) is 0 Å². The maximum atomic E-state index is 12.4. The minimum Gasteiger partial charge on any atom is -0.381 e. The van der Waals surface area contributed by atoms with Gasteiger partial charge in [0.05, 0.1) is 10.4 Å². The first kappa shape index (κ1) is 17.2. The zero-order valence-corrected chi connectivity index (χ0v) is 12.7. The lowest BCUT2D eigenvalue weighted by molar-refractivity contribution is -0.141. The Labute approximate surface area is 130 Å². The summed E-state index contributed by atoms with van der Waals surface area (Å²) in [7, 11) is 0. The Bertz CT molecular complexity index is 513. The Kier molecular flexibility index (Phi) is 5.41. The van der Waals surface area contributed by atoms with Crippen LogP contribution in [-0.2, 0) is 22.1 Å². The highest BCUT2D eigenvalue weighted by Crippen LogP contribution is 2.31. The fraction of sp³-hybridized carbons (Fsp3) is 0.692. The van der Waals surface area contributed by atoms with Crippen LogP contribution in [0, 0.1) is 5.41 Å². The molecule has 1 aliphatic rings. The lowest BCUT2D eigenvalue weighted by Crippen LogP contribution is -2.49. The third-order valence-corrected chi connectivity index (χ3v) is 4.70. The van der Waals surface area contributed by atoms with Crippen molar-refractivity contribution in [2.75, 3.05) is 26.3 Å². The molecule has 0 aromatic carbocycles. The summed E-state index contributed by atoms with van der Waals surface area (Å²) in [5.41, 5.74) is 4.21. The summed E-state index contributed by atoms with van der Waals surface area (Å²) in [6.07, 6.45) is -3.04. The maximum absolute atomic E-state index is 12.4. The highest BCUT2D eigenvalue weighted by Gasteiger charge is 2.38. The van der Waals surface area contributed by atoms with Crippen molar-refractivity contribution in [3.8, 4) is 0 Å². The van der Waals surface area contributed by atoms with E-state index >= 15 is 0 Å². The third kappa shape index (κ3) is 3.96. The van der Waals surface area contributed by atoms with E-state index in [1.807, 2.05) is 0 Å². The molecule has 9 heteroatoms. The first-order valence-corrected chi connectivity index (χ1v) is 7.83. The molecule has 1 aliphatic heterocycles. The number of hydrogen-bond acceptors (Lipinski definition) is 5. The summed E-state index contributed by atoms with van der Waals surface area (Å²) >= 11 is 0.941. The van der Waals surface area contributed by atoms with E-state index in [1.165, 1.54) is 0 Å². The molecule has 1 saturated heterocycles. The fourth-order valence-corrected chi connectivity index (χ4v) is 3.12. The summed E-state index contributed by atoms with van der Waals surface area (Å²) in [5, 5.41) is 4.08. The minimum atomic E-state index is -4.43. The second-order valence-corrected chi connectivity index (χ2v) is 6.17. The van der Waals surface area contributed by atoms with Crippen LogP contribution in [0.15, 0.2) is 5.38 Å². The Balaban J connectivity index is 1.85. The normalized spacial score (nSPS) is 18.2. The third-order valence-electron chi connectivity index (χ3n) is 3.79. The average Bonchev–Trinajstić information content (AvgIpc) is 2.97. The maximum Gasteiger partial charge on any atom is 0.434 e. The number of amides is 1. The lowest BCUT2D eigenvalue weighted by atomic mass is 9.79. The first-order valence-electron chi connectivity index (χ1n) is 6.95. The van der Waals surface area contributed by atoms with Gasteiger partial charge in [-0.15, -0.1) is 11.3 Å². The van der Waals surface area contributed by atoms with Crippen LogP contribution in [0.3, 0.4) is 0 Å². The fourth-order valence-electron chi connectivity index (χ4n) is 2.31. The predicted octanol–water partition coefficient (Wildman–Crippen LogP) is 1.58. The van der Waals surface area contributed by atoms with E-state index in [0.29, 0.717) is 31.1 Å². The first-order chi connectivity index (χ1) is 10.4. The number of ether oxygens (including phenoxy) is 1. The molecule has 2 rings (SSSR count). The van der Waals surface area contributed by atoms with Gasteiger partial charge in [-0.05, 0) is 12.8 Å². The molecule has 0 aliphatic carbocycles. The summed E-state index contributed by atoms with van der Waals surface area (Å²) in [6, 6.07) is 0. The number of thiazole rings is 1. The van der Waals surface area contributed by atoms with E-state index in [9.17, 15) is 18.0 Å². The highest BCUT2D eigenvalue weighted by atomic mass is 32.1. The van der Waals surface area contributed by atoms with E-state index in [-0.39, 0.29) is 25.4 Å². The van der Waals surface area contributed by atoms with Crippen LogP contribution in [0.5, 0.6) is 0 Å². The standard InChI is InChI=1S/C13H18F3N3O2S/c14-13(15,16)9-7-22-10(19-9)1-4-18-11(20)12(8-17)2-5-21-6-3-12/h7H,1-6,8,17H2,(H,18,20). The van der Waals surface area contributed by atoms with Gasteiger partial charge in [-0.2, -0.15) is 13.2 Å². The summed E-state index contributed by atoms with van der Waals surface area (Å²) in [5.74, 6) is -0.161. The Morgan fingerprint density at radius 1 is 1.45 bits per heavy atom. The Morgan fingerprint density at radius 2 is 2.14 bits per heavy atom. The quantitative estimate of drug-likeness (QED) is 0.855. The number of aromatic nitrogens is 1. The van der Waals surface area contributed by atoms with E-state index in [1.54, 1.807) is 0 Å². The molecule has 0 saturated carbocycles. The summed E-state index contributed by atoms with van der Waals surface area (Å²) < 4.78 is 42.6. The molecular formula is C13H18F3N3O2S. The molecule has 1 aromatic heterocycles. The zero-order chi connectivity index (χ0) is 16.2. The molecule has 1 fully saturated rings. The highest BCUT2D eigenvalue weighted by molar-refractivity contribution is 7.09. The number of alkyl halides is 3. The lowest BCUT2D eigenvalue weighted by Gasteiger charge is -2.34. The van der Waals surface area contributed by atoms with Crippen molar-refractivity contribution >= 4 is 17.2 Å². The molecule has 0 radical (unpaired) electrons. The van der Waals surface area contributed by atoms with Crippen LogP contribution in [0.25, 0.3) is 0 Å². The van der Waals surface area contributed by atoms with Crippen molar-refractivity contribution < 1.29 is 22.7 Å². The number of rotatable bonds is 5. The van der Waals surface area contributed by atoms with Crippen LogP contribution in [-0.4, -0.2) is 37.2 Å². The molecule has 22 heavy (non-hydrogen) atoms. The zero-order valence-electron chi connectivity index (χ0n) is 11.9. The van der Waals surface area contributed by atoms with Gasteiger partial charge in [0.15, 0.2) is 5.69 Å². The molecule has 0 unspecified atom stereocenters. The molecule has 3 N–H and O–H groups in total. The average molecular weight is 337 g/mol. The molecule has 5 nitrogen and oxygen atoms in total. The monoisotopic (exact) mass is 337 g/mol. The van der Waals surface area contributed by atoms with Gasteiger partial charge in [-0.25, -0.2) is 4.98 Å². The Morgan fingerprint density at radius 3 is 2.68 bits per heavy atom. The minimum absolute atomic E-state index is 0.161. The van der Waals surface area contributed by atoms with Crippen molar-refractivity contribution in [2.24, 2.45) is 11.1 Å².